The van der Waals surface area contributed by atoms with Crippen LogP contribution >= 0.6 is 0 Å². The molecule has 1 aliphatic heterocycles. The van der Waals surface area contributed by atoms with Gasteiger partial charge < -0.3 is 15.2 Å². The predicted molar refractivity (Wildman–Crippen MR) is 69.3 cm³/mol. The number of nitrogens with zero attached hydrogens (tertiary/aromatic N) is 3. The molecule has 0 bridgehead atoms. The molecule has 7 nitrogen and oxygen atoms in total. The number of carbonyl (C=O) groups is 1. The van der Waals surface area contributed by atoms with Crippen molar-refractivity contribution in [2.45, 2.75) is 13.0 Å². The minimum atomic E-state index is -1.07. The average Bonchev–Trinajstić information content (AvgIpc) is 2.40. The van der Waals surface area contributed by atoms with E-state index in [9.17, 15) is 4.79 Å². The van der Waals surface area contributed by atoms with Gasteiger partial charge in [-0.1, -0.05) is 0 Å². The van der Waals surface area contributed by atoms with Gasteiger partial charge in [-0.2, -0.15) is 0 Å². The molecule has 0 saturated carbocycles. The number of nitrogens with one attached hydrogen (secondary N) is 1. The molecule has 2 rings (SSSR count). The first kappa shape index (κ1) is 13.7. The zero-order chi connectivity index (χ0) is 13.7. The minimum absolute atomic E-state index is 0.0451. The van der Waals surface area contributed by atoms with E-state index in [0.717, 1.165) is 32.8 Å². The summed E-state index contributed by atoms with van der Waals surface area (Å²) >= 11 is 0. The fourth-order valence-electron chi connectivity index (χ4n) is 2.05. The van der Waals surface area contributed by atoms with Crippen molar-refractivity contribution in [3.8, 4) is 0 Å². The second-order valence-corrected chi connectivity index (χ2v) is 4.52. The summed E-state index contributed by atoms with van der Waals surface area (Å²) in [7, 11) is 0. The summed E-state index contributed by atoms with van der Waals surface area (Å²) in [5.74, 6) is -0.759. The number of ether oxygens (including phenoxy) is 1. The van der Waals surface area contributed by atoms with Crippen molar-refractivity contribution in [2.24, 2.45) is 0 Å². The Bertz CT molecular complexity index is 435. The lowest BCUT2D eigenvalue weighted by Gasteiger charge is -2.29. The summed E-state index contributed by atoms with van der Waals surface area (Å²) in [6.45, 7) is 6.11. The zero-order valence-electron chi connectivity index (χ0n) is 10.9. The van der Waals surface area contributed by atoms with Crippen LogP contribution in [-0.4, -0.2) is 64.8 Å². The van der Waals surface area contributed by atoms with Crippen LogP contribution in [0.15, 0.2) is 12.4 Å². The van der Waals surface area contributed by atoms with E-state index < -0.39 is 5.97 Å². The summed E-state index contributed by atoms with van der Waals surface area (Å²) in [5.41, 5.74) is -0.0451. The van der Waals surface area contributed by atoms with Gasteiger partial charge >= 0.3 is 5.97 Å². The van der Waals surface area contributed by atoms with Crippen LogP contribution in [0, 0.1) is 0 Å². The van der Waals surface area contributed by atoms with Crippen molar-refractivity contribution >= 4 is 11.8 Å². The molecule has 0 amide bonds. The maximum atomic E-state index is 11.0. The van der Waals surface area contributed by atoms with Crippen LogP contribution in [0.4, 0.5) is 5.82 Å². The number of aromatic nitrogens is 2. The number of aromatic carboxylic acids is 1. The monoisotopic (exact) mass is 266 g/mol. The van der Waals surface area contributed by atoms with Crippen molar-refractivity contribution in [3.05, 3.63) is 18.1 Å². The number of carboxylic acids is 1. The summed E-state index contributed by atoms with van der Waals surface area (Å²) < 4.78 is 5.29. The number of carboxylic acid groups (broad SMARTS) is 1. The van der Waals surface area contributed by atoms with Gasteiger partial charge in [-0.25, -0.2) is 14.8 Å². The van der Waals surface area contributed by atoms with Gasteiger partial charge in [0.2, 0.25) is 0 Å². The molecular weight excluding hydrogens is 248 g/mol. The lowest BCUT2D eigenvalue weighted by molar-refractivity contribution is 0.0368. The van der Waals surface area contributed by atoms with Crippen LogP contribution < -0.4 is 5.32 Å². The van der Waals surface area contributed by atoms with E-state index in [2.05, 4.69) is 20.2 Å². The van der Waals surface area contributed by atoms with Gasteiger partial charge in [0, 0.05) is 38.1 Å². The zero-order valence-corrected chi connectivity index (χ0v) is 10.9. The van der Waals surface area contributed by atoms with Crippen molar-refractivity contribution in [3.63, 3.8) is 0 Å². The van der Waals surface area contributed by atoms with E-state index in [1.807, 2.05) is 6.92 Å². The summed E-state index contributed by atoms with van der Waals surface area (Å²) in [6.07, 6.45) is 2.86. The predicted octanol–water partition coefficient (Wildman–Crippen LogP) is 0.307. The molecule has 1 aromatic rings. The molecule has 0 spiro atoms. The van der Waals surface area contributed by atoms with Gasteiger partial charge in [-0.15, -0.1) is 0 Å². The SMILES string of the molecule is CC(CN1CCOCC1)Nc1nccnc1C(=O)O. The first-order valence-corrected chi connectivity index (χ1v) is 6.27. The summed E-state index contributed by atoms with van der Waals surface area (Å²) in [5, 5.41) is 12.1. The molecule has 19 heavy (non-hydrogen) atoms. The van der Waals surface area contributed by atoms with Gasteiger partial charge in [0.25, 0.3) is 0 Å². The van der Waals surface area contributed by atoms with Crippen molar-refractivity contribution in [1.82, 2.24) is 14.9 Å². The fourth-order valence-corrected chi connectivity index (χ4v) is 2.05. The Labute approximate surface area is 111 Å². The highest BCUT2D eigenvalue weighted by Gasteiger charge is 2.17. The highest BCUT2D eigenvalue weighted by Crippen LogP contribution is 2.10. The van der Waals surface area contributed by atoms with Crippen LogP contribution in [0.3, 0.4) is 0 Å². The standard InChI is InChI=1S/C12H18N4O3/c1-9(8-16-4-6-19-7-5-16)15-11-10(12(17)18)13-2-3-14-11/h2-3,9H,4-8H2,1H3,(H,14,15)(H,17,18). The molecule has 2 heterocycles. The topological polar surface area (TPSA) is 87.6 Å². The third-order valence-electron chi connectivity index (χ3n) is 2.92. The lowest BCUT2D eigenvalue weighted by Crippen LogP contribution is -2.42. The van der Waals surface area contributed by atoms with Gasteiger partial charge in [0.05, 0.1) is 13.2 Å². The number of morpholine rings is 1. The Kier molecular flexibility index (Phi) is 4.64. The van der Waals surface area contributed by atoms with Crippen LogP contribution in [0.1, 0.15) is 17.4 Å². The molecule has 0 radical (unpaired) electrons. The van der Waals surface area contributed by atoms with E-state index in [4.69, 9.17) is 9.84 Å². The Morgan fingerprint density at radius 2 is 2.16 bits per heavy atom. The average molecular weight is 266 g/mol. The molecular formula is C12H18N4O3. The number of hydrogen-bond acceptors (Lipinski definition) is 6. The third-order valence-corrected chi connectivity index (χ3v) is 2.92. The number of hydrogen-bond donors (Lipinski definition) is 2. The lowest BCUT2D eigenvalue weighted by atomic mass is 10.2. The molecule has 1 aliphatic rings. The molecule has 1 aromatic heterocycles. The second kappa shape index (κ2) is 6.44. The number of rotatable bonds is 5. The minimum Gasteiger partial charge on any atom is -0.476 e. The Balaban J connectivity index is 1.94. The molecule has 2 N–H and O–H groups in total. The largest absolute Gasteiger partial charge is 0.476 e. The molecule has 104 valence electrons. The van der Waals surface area contributed by atoms with Crippen LogP contribution in [-0.2, 0) is 4.74 Å². The Morgan fingerprint density at radius 1 is 1.47 bits per heavy atom. The molecule has 7 heteroatoms. The maximum absolute atomic E-state index is 11.0. The highest BCUT2D eigenvalue weighted by atomic mass is 16.5. The van der Waals surface area contributed by atoms with Gasteiger partial charge in [-0.3, -0.25) is 4.90 Å². The maximum Gasteiger partial charge on any atom is 0.358 e. The molecule has 1 fully saturated rings. The third kappa shape index (κ3) is 3.87. The van der Waals surface area contributed by atoms with Gasteiger partial charge in [0.1, 0.15) is 0 Å². The van der Waals surface area contributed by atoms with Gasteiger partial charge in [-0.05, 0) is 6.92 Å². The molecule has 0 aromatic carbocycles. The molecule has 1 saturated heterocycles. The summed E-state index contributed by atoms with van der Waals surface area (Å²) in [4.78, 5) is 21.2. The first-order chi connectivity index (χ1) is 9.16. The molecule has 1 atom stereocenters. The van der Waals surface area contributed by atoms with Crippen LogP contribution in [0.2, 0.25) is 0 Å². The van der Waals surface area contributed by atoms with Crippen LogP contribution in [0.5, 0.6) is 0 Å². The van der Waals surface area contributed by atoms with E-state index in [1.165, 1.54) is 12.4 Å². The van der Waals surface area contributed by atoms with E-state index in [-0.39, 0.29) is 11.7 Å². The Hall–Kier alpha value is -1.73. The molecule has 0 aliphatic carbocycles. The van der Waals surface area contributed by atoms with Crippen molar-refractivity contribution in [1.29, 1.82) is 0 Å². The normalized spacial score (nSPS) is 17.9. The molecule has 1 unspecified atom stereocenters. The van der Waals surface area contributed by atoms with Crippen molar-refractivity contribution < 1.29 is 14.6 Å². The number of anilines is 1. The Morgan fingerprint density at radius 3 is 2.84 bits per heavy atom. The van der Waals surface area contributed by atoms with E-state index in [1.54, 1.807) is 0 Å². The highest BCUT2D eigenvalue weighted by molar-refractivity contribution is 5.90. The van der Waals surface area contributed by atoms with Crippen molar-refractivity contribution in [2.75, 3.05) is 38.2 Å². The van der Waals surface area contributed by atoms with E-state index in [0.29, 0.717) is 5.82 Å². The smallest absolute Gasteiger partial charge is 0.358 e. The summed E-state index contributed by atoms with van der Waals surface area (Å²) in [6, 6.07) is 0.0906. The van der Waals surface area contributed by atoms with Gasteiger partial charge in [0.15, 0.2) is 11.5 Å². The second-order valence-electron chi connectivity index (χ2n) is 4.52. The van der Waals surface area contributed by atoms with Crippen LogP contribution in [0.25, 0.3) is 0 Å². The fraction of sp³-hybridized carbons (Fsp3) is 0.583. The quantitative estimate of drug-likeness (QED) is 0.792. The first-order valence-electron chi connectivity index (χ1n) is 6.27. The van der Waals surface area contributed by atoms with E-state index >= 15 is 0 Å².